The van der Waals surface area contributed by atoms with Crippen molar-refractivity contribution in [2.75, 3.05) is 0 Å². The van der Waals surface area contributed by atoms with Crippen molar-refractivity contribution in [1.29, 1.82) is 0 Å². The Balaban J connectivity index is 1.52. The number of halogens is 1. The molecule has 0 aliphatic carbocycles. The first-order chi connectivity index (χ1) is 12.0. The van der Waals surface area contributed by atoms with Crippen LogP contribution in [0.4, 0.5) is 0 Å². The molecule has 0 atom stereocenters. The number of carbonyl (C=O) groups excluding carboxylic acids is 1. The van der Waals surface area contributed by atoms with Crippen LogP contribution in [0.15, 0.2) is 36.4 Å². The van der Waals surface area contributed by atoms with Gasteiger partial charge < -0.3 is 10.3 Å². The Bertz CT molecular complexity index is 844. The van der Waals surface area contributed by atoms with E-state index in [4.69, 9.17) is 11.6 Å². The molecule has 1 amide bonds. The van der Waals surface area contributed by atoms with Crippen molar-refractivity contribution in [1.82, 2.24) is 20.5 Å². The average Bonchev–Trinajstić information content (AvgIpc) is 3.19. The lowest BCUT2D eigenvalue weighted by molar-refractivity contribution is -0.121. The van der Waals surface area contributed by atoms with Gasteiger partial charge in [-0.3, -0.25) is 9.89 Å². The fraction of sp³-hybridized carbons (Fsp3) is 0.263. The molecule has 130 valence electrons. The summed E-state index contributed by atoms with van der Waals surface area (Å²) in [5.74, 6) is 0.0302. The number of nitrogens with one attached hydrogen (secondary N) is 3. The highest BCUT2D eigenvalue weighted by Gasteiger charge is 2.09. The Labute approximate surface area is 151 Å². The van der Waals surface area contributed by atoms with Crippen molar-refractivity contribution >= 4 is 17.5 Å². The molecule has 0 radical (unpaired) electrons. The molecule has 3 N–H and O–H groups in total. The summed E-state index contributed by atoms with van der Waals surface area (Å²) < 4.78 is 0. The van der Waals surface area contributed by atoms with Gasteiger partial charge in [0.05, 0.1) is 5.69 Å². The highest BCUT2D eigenvalue weighted by molar-refractivity contribution is 6.30. The molecule has 0 saturated carbocycles. The summed E-state index contributed by atoms with van der Waals surface area (Å²) in [6, 6.07) is 11.7. The van der Waals surface area contributed by atoms with Crippen molar-refractivity contribution in [3.63, 3.8) is 0 Å². The van der Waals surface area contributed by atoms with Crippen LogP contribution < -0.4 is 5.32 Å². The molecule has 0 spiro atoms. The first-order valence-corrected chi connectivity index (χ1v) is 8.61. The summed E-state index contributed by atoms with van der Waals surface area (Å²) in [6.07, 6.45) is 1.11. The second-order valence-electron chi connectivity index (χ2n) is 6.09. The SMILES string of the molecule is Cc1n[nH]c(C)c1CNC(=O)CCc1ccc(-c2ccc(Cl)cc2)[nH]1. The van der Waals surface area contributed by atoms with E-state index in [2.05, 4.69) is 20.5 Å². The lowest BCUT2D eigenvalue weighted by Gasteiger charge is -2.05. The third kappa shape index (κ3) is 4.31. The van der Waals surface area contributed by atoms with Crippen LogP contribution >= 0.6 is 11.6 Å². The third-order valence-corrected chi connectivity index (χ3v) is 4.52. The molecule has 0 aliphatic heterocycles. The fourth-order valence-electron chi connectivity index (χ4n) is 2.74. The molecule has 5 nitrogen and oxygen atoms in total. The van der Waals surface area contributed by atoms with Gasteiger partial charge in [-0.25, -0.2) is 0 Å². The van der Waals surface area contributed by atoms with Crippen LogP contribution in [0.3, 0.4) is 0 Å². The van der Waals surface area contributed by atoms with Crippen LogP contribution in [0.1, 0.15) is 29.1 Å². The van der Waals surface area contributed by atoms with Gasteiger partial charge in [-0.15, -0.1) is 0 Å². The van der Waals surface area contributed by atoms with E-state index in [1.807, 2.05) is 50.2 Å². The van der Waals surface area contributed by atoms with Gasteiger partial charge >= 0.3 is 0 Å². The zero-order chi connectivity index (χ0) is 17.8. The molecule has 0 fully saturated rings. The van der Waals surface area contributed by atoms with Crippen LogP contribution in [0.5, 0.6) is 0 Å². The smallest absolute Gasteiger partial charge is 0.220 e. The lowest BCUT2D eigenvalue weighted by atomic mass is 10.2. The highest BCUT2D eigenvalue weighted by atomic mass is 35.5. The number of aryl methyl sites for hydroxylation is 3. The van der Waals surface area contributed by atoms with Crippen molar-refractivity contribution in [3.8, 4) is 11.3 Å². The monoisotopic (exact) mass is 356 g/mol. The van der Waals surface area contributed by atoms with Gasteiger partial charge in [0.2, 0.25) is 5.91 Å². The number of aromatic nitrogens is 3. The standard InChI is InChI=1S/C19H21ClN4O/c1-12-17(13(2)24-23-12)11-21-19(25)10-8-16-7-9-18(22-16)14-3-5-15(20)6-4-14/h3-7,9,22H,8,10-11H2,1-2H3,(H,21,25)(H,23,24). The van der Waals surface area contributed by atoms with Gasteiger partial charge in [-0.05, 0) is 50.1 Å². The Morgan fingerprint density at radius 2 is 1.92 bits per heavy atom. The number of benzene rings is 1. The van der Waals surface area contributed by atoms with Gasteiger partial charge in [-0.2, -0.15) is 5.10 Å². The number of rotatable bonds is 6. The molecule has 0 unspecified atom stereocenters. The van der Waals surface area contributed by atoms with E-state index in [0.29, 0.717) is 19.4 Å². The molecule has 3 aromatic rings. The minimum atomic E-state index is 0.0302. The largest absolute Gasteiger partial charge is 0.358 e. The zero-order valence-electron chi connectivity index (χ0n) is 14.3. The Morgan fingerprint density at radius 1 is 1.16 bits per heavy atom. The number of hydrogen-bond donors (Lipinski definition) is 3. The lowest BCUT2D eigenvalue weighted by Crippen LogP contribution is -2.23. The van der Waals surface area contributed by atoms with Gasteiger partial charge in [-0.1, -0.05) is 23.7 Å². The zero-order valence-corrected chi connectivity index (χ0v) is 15.1. The third-order valence-electron chi connectivity index (χ3n) is 4.27. The van der Waals surface area contributed by atoms with Crippen LogP contribution in [-0.4, -0.2) is 21.1 Å². The maximum absolute atomic E-state index is 12.1. The predicted molar refractivity (Wildman–Crippen MR) is 99.5 cm³/mol. The fourth-order valence-corrected chi connectivity index (χ4v) is 2.87. The molecular formula is C19H21ClN4O. The van der Waals surface area contributed by atoms with E-state index in [9.17, 15) is 4.79 Å². The summed E-state index contributed by atoms with van der Waals surface area (Å²) >= 11 is 5.91. The molecule has 3 rings (SSSR count). The first kappa shape index (κ1) is 17.3. The summed E-state index contributed by atoms with van der Waals surface area (Å²) in [5, 5.41) is 10.7. The molecule has 25 heavy (non-hydrogen) atoms. The Kier molecular flexibility index (Phi) is 5.24. The van der Waals surface area contributed by atoms with E-state index in [-0.39, 0.29) is 5.91 Å². The predicted octanol–water partition coefficient (Wildman–Crippen LogP) is 3.92. The van der Waals surface area contributed by atoms with Crippen molar-refractivity contribution in [3.05, 3.63) is 64.1 Å². The van der Waals surface area contributed by atoms with Crippen molar-refractivity contribution in [2.24, 2.45) is 0 Å². The molecule has 0 aliphatic rings. The number of hydrogen-bond acceptors (Lipinski definition) is 2. The van der Waals surface area contributed by atoms with Crippen LogP contribution in [-0.2, 0) is 17.8 Å². The normalized spacial score (nSPS) is 10.8. The van der Waals surface area contributed by atoms with E-state index in [1.54, 1.807) is 0 Å². The van der Waals surface area contributed by atoms with Crippen molar-refractivity contribution in [2.45, 2.75) is 33.2 Å². The second kappa shape index (κ2) is 7.57. The molecule has 2 heterocycles. The molecule has 6 heteroatoms. The molecule has 0 bridgehead atoms. The van der Waals surface area contributed by atoms with E-state index in [0.717, 1.165) is 38.9 Å². The van der Waals surface area contributed by atoms with Crippen molar-refractivity contribution < 1.29 is 4.79 Å². The van der Waals surface area contributed by atoms with Gasteiger partial charge in [0.1, 0.15) is 0 Å². The maximum atomic E-state index is 12.1. The molecule has 1 aromatic carbocycles. The minimum absolute atomic E-state index is 0.0302. The van der Waals surface area contributed by atoms with Crippen LogP contribution in [0, 0.1) is 13.8 Å². The quantitative estimate of drug-likeness (QED) is 0.626. The van der Waals surface area contributed by atoms with Crippen LogP contribution in [0.25, 0.3) is 11.3 Å². The van der Waals surface area contributed by atoms with Gasteiger partial charge in [0, 0.05) is 40.6 Å². The summed E-state index contributed by atoms with van der Waals surface area (Å²) in [7, 11) is 0. The number of nitrogens with zero attached hydrogens (tertiary/aromatic N) is 1. The minimum Gasteiger partial charge on any atom is -0.358 e. The number of H-pyrrole nitrogens is 2. The van der Waals surface area contributed by atoms with Gasteiger partial charge in [0.15, 0.2) is 0 Å². The summed E-state index contributed by atoms with van der Waals surface area (Å²) in [4.78, 5) is 15.4. The molecular weight excluding hydrogens is 336 g/mol. The molecule has 2 aromatic heterocycles. The topological polar surface area (TPSA) is 73.6 Å². The van der Waals surface area contributed by atoms with Crippen LogP contribution in [0.2, 0.25) is 5.02 Å². The van der Waals surface area contributed by atoms with E-state index < -0.39 is 0 Å². The first-order valence-electron chi connectivity index (χ1n) is 8.24. The highest BCUT2D eigenvalue weighted by Crippen LogP contribution is 2.21. The average molecular weight is 357 g/mol. The summed E-state index contributed by atoms with van der Waals surface area (Å²) in [6.45, 7) is 4.40. The van der Waals surface area contributed by atoms with E-state index in [1.165, 1.54) is 0 Å². The number of amides is 1. The number of carbonyl (C=O) groups is 1. The Morgan fingerprint density at radius 3 is 2.60 bits per heavy atom. The Hall–Kier alpha value is -2.53. The summed E-state index contributed by atoms with van der Waals surface area (Å²) in [5.41, 5.74) is 6.11. The van der Waals surface area contributed by atoms with E-state index >= 15 is 0 Å². The van der Waals surface area contributed by atoms with Gasteiger partial charge in [0.25, 0.3) is 0 Å². The second-order valence-corrected chi connectivity index (χ2v) is 6.53. The maximum Gasteiger partial charge on any atom is 0.220 e. The number of aromatic amines is 2. The molecule has 0 saturated heterocycles.